The zero-order valence-electron chi connectivity index (χ0n) is 16.2. The Labute approximate surface area is 175 Å². The molecule has 0 aliphatic rings. The summed E-state index contributed by atoms with van der Waals surface area (Å²) in [5.41, 5.74) is 0.685. The van der Waals surface area contributed by atoms with Gasteiger partial charge in [-0.2, -0.15) is 0 Å². The van der Waals surface area contributed by atoms with Crippen LogP contribution in [0.1, 0.15) is 23.0 Å². The first-order valence-electron chi connectivity index (χ1n) is 8.74. The Kier molecular flexibility index (Phi) is 6.89. The van der Waals surface area contributed by atoms with Gasteiger partial charge in [0.25, 0.3) is 5.91 Å². The maximum absolute atomic E-state index is 12.5. The molecule has 1 N–H and O–H groups in total. The maximum Gasteiger partial charge on any atom is 0.274 e. The van der Waals surface area contributed by atoms with Crippen molar-refractivity contribution >= 4 is 34.1 Å². The quantitative estimate of drug-likeness (QED) is 0.431. The second-order valence-corrected chi connectivity index (χ2v) is 8.39. The highest BCUT2D eigenvalue weighted by atomic mass is 32.2. The summed E-state index contributed by atoms with van der Waals surface area (Å²) in [6.45, 7) is 2.22. The second-order valence-electron chi connectivity index (χ2n) is 5.90. The summed E-state index contributed by atoms with van der Waals surface area (Å²) >= 11 is 2.84. The van der Waals surface area contributed by atoms with Gasteiger partial charge in [0.05, 0.1) is 13.3 Å². The number of carbonyl (C=O) groups is 1. The van der Waals surface area contributed by atoms with Gasteiger partial charge in [-0.3, -0.25) is 14.9 Å². The number of hydrogen-bond acceptors (Lipinski definition) is 8. The molecule has 1 aromatic carbocycles. The van der Waals surface area contributed by atoms with Crippen LogP contribution in [0.5, 0.6) is 11.5 Å². The van der Waals surface area contributed by atoms with E-state index < -0.39 is 5.91 Å². The minimum absolute atomic E-state index is 0.157. The summed E-state index contributed by atoms with van der Waals surface area (Å²) in [4.78, 5) is 24.9. The zero-order chi connectivity index (χ0) is 20.8. The van der Waals surface area contributed by atoms with Crippen molar-refractivity contribution in [2.24, 2.45) is 7.05 Å². The molecule has 0 radical (unpaired) electrons. The third-order valence-electron chi connectivity index (χ3n) is 3.86. The Bertz CT molecular complexity index is 1060. The van der Waals surface area contributed by atoms with Gasteiger partial charge in [-0.25, -0.2) is 0 Å². The average Bonchev–Trinajstić information content (AvgIpc) is 3.15. The van der Waals surface area contributed by atoms with Gasteiger partial charge in [0.2, 0.25) is 10.6 Å². The molecule has 29 heavy (non-hydrogen) atoms. The van der Waals surface area contributed by atoms with Crippen LogP contribution >= 0.6 is 23.1 Å². The number of nitrogens with one attached hydrogen (secondary N) is 1. The van der Waals surface area contributed by atoms with E-state index in [4.69, 9.17) is 9.47 Å². The third kappa shape index (κ3) is 5.36. The number of rotatable bonds is 8. The lowest BCUT2D eigenvalue weighted by molar-refractivity contribution is 0.101. The molecule has 0 atom stereocenters. The zero-order valence-corrected chi connectivity index (χ0v) is 17.8. The standard InChI is InChI=1S/C19H20N4O4S2/c1-4-28-19-22-21-18(29-19)20-17(25)14-9-15(24)16(10-23(14)2)27-11-12-6-5-7-13(8-12)26-3/h5-10H,4,11H2,1-3H3,(H,20,21,25). The fourth-order valence-corrected chi connectivity index (χ4v) is 4.11. The van der Waals surface area contributed by atoms with E-state index in [9.17, 15) is 9.59 Å². The molecule has 2 heterocycles. The van der Waals surface area contributed by atoms with E-state index in [0.29, 0.717) is 10.9 Å². The molecule has 0 spiro atoms. The number of nitrogens with zero attached hydrogens (tertiary/aromatic N) is 3. The molecule has 0 bridgehead atoms. The molecular formula is C19H20N4O4S2. The molecule has 2 aromatic heterocycles. The molecule has 0 saturated carbocycles. The van der Waals surface area contributed by atoms with Gasteiger partial charge in [-0.15, -0.1) is 10.2 Å². The number of hydrogen-bond donors (Lipinski definition) is 1. The van der Waals surface area contributed by atoms with E-state index in [2.05, 4.69) is 15.5 Å². The molecule has 0 unspecified atom stereocenters. The Morgan fingerprint density at radius 3 is 2.90 bits per heavy atom. The predicted octanol–water partition coefficient (Wildman–Crippen LogP) is 3.19. The van der Waals surface area contributed by atoms with Crippen LogP contribution in [0.3, 0.4) is 0 Å². The minimum Gasteiger partial charge on any atom is -0.497 e. The molecule has 1 amide bonds. The highest BCUT2D eigenvalue weighted by Gasteiger charge is 2.15. The molecule has 10 heteroatoms. The highest BCUT2D eigenvalue weighted by Crippen LogP contribution is 2.25. The molecule has 0 saturated heterocycles. The van der Waals surface area contributed by atoms with Crippen LogP contribution in [-0.4, -0.2) is 33.5 Å². The van der Waals surface area contributed by atoms with E-state index in [1.54, 1.807) is 30.5 Å². The van der Waals surface area contributed by atoms with E-state index >= 15 is 0 Å². The van der Waals surface area contributed by atoms with Crippen LogP contribution in [0.25, 0.3) is 0 Å². The number of amides is 1. The monoisotopic (exact) mass is 432 g/mol. The molecule has 152 valence electrons. The van der Waals surface area contributed by atoms with E-state index in [1.165, 1.54) is 23.6 Å². The van der Waals surface area contributed by atoms with Gasteiger partial charge in [-0.1, -0.05) is 42.2 Å². The number of methoxy groups -OCH3 is 1. The number of anilines is 1. The van der Waals surface area contributed by atoms with Crippen LogP contribution in [0.2, 0.25) is 0 Å². The lowest BCUT2D eigenvalue weighted by atomic mass is 10.2. The summed E-state index contributed by atoms with van der Waals surface area (Å²) in [6, 6.07) is 8.64. The van der Waals surface area contributed by atoms with Crippen LogP contribution in [0, 0.1) is 0 Å². The number of aromatic nitrogens is 3. The van der Waals surface area contributed by atoms with Crippen molar-refractivity contribution in [1.82, 2.24) is 14.8 Å². The summed E-state index contributed by atoms with van der Waals surface area (Å²) in [6.07, 6.45) is 1.50. The molecule has 0 fully saturated rings. The molecule has 0 aliphatic carbocycles. The summed E-state index contributed by atoms with van der Waals surface area (Å²) in [5.74, 6) is 1.30. The summed E-state index contributed by atoms with van der Waals surface area (Å²) in [5, 5.41) is 11.0. The SMILES string of the molecule is CCSc1nnc(NC(=O)c2cc(=O)c(OCc3cccc(OC)c3)cn2C)s1. The number of ether oxygens (including phenoxy) is 2. The molecule has 0 aliphatic heterocycles. The van der Waals surface area contributed by atoms with Crippen LogP contribution in [-0.2, 0) is 13.7 Å². The van der Waals surface area contributed by atoms with Crippen molar-refractivity contribution in [1.29, 1.82) is 0 Å². The van der Waals surface area contributed by atoms with E-state index in [1.807, 2.05) is 31.2 Å². The second kappa shape index (κ2) is 9.57. The van der Waals surface area contributed by atoms with Gasteiger partial charge in [0.1, 0.15) is 18.1 Å². The minimum atomic E-state index is -0.437. The van der Waals surface area contributed by atoms with Crippen LogP contribution in [0.4, 0.5) is 5.13 Å². The largest absolute Gasteiger partial charge is 0.497 e. The number of aryl methyl sites for hydroxylation is 1. The number of thioether (sulfide) groups is 1. The Morgan fingerprint density at radius 1 is 1.31 bits per heavy atom. The lowest BCUT2D eigenvalue weighted by Gasteiger charge is -2.11. The Balaban J connectivity index is 1.70. The van der Waals surface area contributed by atoms with E-state index in [0.717, 1.165) is 15.7 Å². The van der Waals surface area contributed by atoms with Crippen LogP contribution < -0.4 is 20.2 Å². The van der Waals surface area contributed by atoms with Gasteiger partial charge in [0.15, 0.2) is 10.1 Å². The fourth-order valence-electron chi connectivity index (χ4n) is 2.47. The Hall–Kier alpha value is -2.85. The fraction of sp³-hybridized carbons (Fsp3) is 0.263. The van der Waals surface area contributed by atoms with Crippen LogP contribution in [0.15, 0.2) is 45.7 Å². The number of benzene rings is 1. The van der Waals surface area contributed by atoms with Crippen molar-refractivity contribution in [2.75, 3.05) is 18.2 Å². The predicted molar refractivity (Wildman–Crippen MR) is 113 cm³/mol. The average molecular weight is 433 g/mol. The van der Waals surface area contributed by atoms with Crippen molar-refractivity contribution < 1.29 is 14.3 Å². The molecule has 3 aromatic rings. The first-order valence-corrected chi connectivity index (χ1v) is 10.5. The van der Waals surface area contributed by atoms with Gasteiger partial charge in [-0.05, 0) is 23.4 Å². The van der Waals surface area contributed by atoms with Gasteiger partial charge < -0.3 is 14.0 Å². The summed E-state index contributed by atoms with van der Waals surface area (Å²) in [7, 11) is 3.26. The lowest BCUT2D eigenvalue weighted by Crippen LogP contribution is -2.21. The number of pyridine rings is 1. The van der Waals surface area contributed by atoms with Gasteiger partial charge in [0, 0.05) is 13.1 Å². The maximum atomic E-state index is 12.5. The normalized spacial score (nSPS) is 10.6. The first-order chi connectivity index (χ1) is 14.0. The van der Waals surface area contributed by atoms with Crippen molar-refractivity contribution in [3.05, 3.63) is 58.0 Å². The van der Waals surface area contributed by atoms with E-state index in [-0.39, 0.29) is 23.5 Å². The first kappa shape index (κ1) is 20.9. The molecule has 8 nitrogen and oxygen atoms in total. The van der Waals surface area contributed by atoms with Gasteiger partial charge >= 0.3 is 0 Å². The summed E-state index contributed by atoms with van der Waals surface area (Å²) < 4.78 is 13.1. The molecule has 3 rings (SSSR count). The number of carbonyl (C=O) groups excluding carboxylic acids is 1. The van der Waals surface area contributed by atoms with Crippen molar-refractivity contribution in [2.45, 2.75) is 17.9 Å². The molecular weight excluding hydrogens is 412 g/mol. The highest BCUT2D eigenvalue weighted by molar-refractivity contribution is 8.01. The smallest absolute Gasteiger partial charge is 0.274 e. The Morgan fingerprint density at radius 2 is 2.14 bits per heavy atom. The topological polar surface area (TPSA) is 95.3 Å². The third-order valence-corrected chi connectivity index (χ3v) is 5.71. The van der Waals surface area contributed by atoms with Crippen molar-refractivity contribution in [3.8, 4) is 11.5 Å². The van der Waals surface area contributed by atoms with Crippen molar-refractivity contribution in [3.63, 3.8) is 0 Å².